The van der Waals surface area contributed by atoms with E-state index in [2.05, 4.69) is 31.3 Å². The lowest BCUT2D eigenvalue weighted by Crippen LogP contribution is -2.29. The maximum absolute atomic E-state index is 11.3. The van der Waals surface area contributed by atoms with E-state index < -0.39 is 0 Å². The number of hydrogen-bond acceptors (Lipinski definition) is 1. The van der Waals surface area contributed by atoms with Gasteiger partial charge in [0.15, 0.2) is 0 Å². The van der Waals surface area contributed by atoms with Gasteiger partial charge in [0.05, 0.1) is 0 Å². The van der Waals surface area contributed by atoms with E-state index in [1.165, 1.54) is 0 Å². The largest absolute Gasteiger partial charge is 0.354 e. The fourth-order valence-electron chi connectivity index (χ4n) is 1.26. The zero-order valence-electron chi connectivity index (χ0n) is 10.5. The molecule has 0 aromatic carbocycles. The molecule has 0 aliphatic rings. The molecule has 0 unspecified atom stereocenters. The Hall–Kier alpha value is -0.790. The summed E-state index contributed by atoms with van der Waals surface area (Å²) in [6.45, 7) is 8.39. The van der Waals surface area contributed by atoms with Gasteiger partial charge in [-0.15, -0.1) is 0 Å². The molecular weight excluding hydrogens is 186 g/mol. The zero-order valence-corrected chi connectivity index (χ0v) is 10.5. The summed E-state index contributed by atoms with van der Waals surface area (Å²) < 4.78 is 0. The highest BCUT2D eigenvalue weighted by Crippen LogP contribution is 2.03. The van der Waals surface area contributed by atoms with E-state index in [1.807, 2.05) is 13.8 Å². The molecule has 0 saturated carbocycles. The van der Waals surface area contributed by atoms with E-state index >= 15 is 0 Å². The highest BCUT2D eigenvalue weighted by Gasteiger charge is 2.01. The van der Waals surface area contributed by atoms with Crippen molar-refractivity contribution in [3.8, 4) is 0 Å². The third-order valence-corrected chi connectivity index (χ3v) is 2.00. The molecule has 0 aromatic heterocycles. The minimum absolute atomic E-state index is 0.169. The van der Waals surface area contributed by atoms with Gasteiger partial charge in [0, 0.05) is 12.5 Å². The van der Waals surface area contributed by atoms with Crippen LogP contribution < -0.4 is 5.32 Å². The van der Waals surface area contributed by atoms with E-state index in [9.17, 15) is 4.79 Å². The molecule has 0 heterocycles. The fourth-order valence-corrected chi connectivity index (χ4v) is 1.26. The summed E-state index contributed by atoms with van der Waals surface area (Å²) in [5.74, 6) is 0.896. The van der Waals surface area contributed by atoms with Crippen LogP contribution in [0.15, 0.2) is 12.2 Å². The van der Waals surface area contributed by atoms with Crippen molar-refractivity contribution in [1.82, 2.24) is 5.32 Å². The Morgan fingerprint density at radius 1 is 1.20 bits per heavy atom. The molecule has 0 spiro atoms. The molecule has 1 N–H and O–H groups in total. The lowest BCUT2D eigenvalue weighted by atomic mass is 10.1. The molecule has 0 aliphatic heterocycles. The van der Waals surface area contributed by atoms with Crippen LogP contribution in [0.5, 0.6) is 0 Å². The van der Waals surface area contributed by atoms with Crippen LogP contribution in [0.1, 0.15) is 53.4 Å². The Labute approximate surface area is 94.1 Å². The topological polar surface area (TPSA) is 29.1 Å². The molecule has 0 bridgehead atoms. The van der Waals surface area contributed by atoms with E-state index in [0.717, 1.165) is 25.2 Å². The predicted octanol–water partition coefficient (Wildman–Crippen LogP) is 3.28. The average molecular weight is 211 g/mol. The molecule has 88 valence electrons. The molecule has 1 amide bonds. The van der Waals surface area contributed by atoms with Crippen molar-refractivity contribution in [2.45, 2.75) is 59.4 Å². The Morgan fingerprint density at radius 3 is 2.40 bits per heavy atom. The second-order valence-corrected chi connectivity index (χ2v) is 4.72. The van der Waals surface area contributed by atoms with Gasteiger partial charge in [-0.3, -0.25) is 4.79 Å². The van der Waals surface area contributed by atoms with Crippen molar-refractivity contribution < 1.29 is 4.79 Å². The summed E-state index contributed by atoms with van der Waals surface area (Å²) in [7, 11) is 0. The van der Waals surface area contributed by atoms with Crippen LogP contribution in [0.2, 0.25) is 0 Å². The summed E-state index contributed by atoms with van der Waals surface area (Å²) >= 11 is 0. The van der Waals surface area contributed by atoms with Crippen LogP contribution in [-0.4, -0.2) is 11.9 Å². The molecule has 15 heavy (non-hydrogen) atoms. The SMILES string of the molecule is CC(C)C/C=C\CCCC(=O)NC(C)C. The number of nitrogens with one attached hydrogen (secondary N) is 1. The maximum Gasteiger partial charge on any atom is 0.220 e. The first-order valence-electron chi connectivity index (χ1n) is 5.96. The first-order chi connectivity index (χ1) is 7.02. The summed E-state index contributed by atoms with van der Waals surface area (Å²) in [5.41, 5.74) is 0. The van der Waals surface area contributed by atoms with Crippen LogP contribution in [0.25, 0.3) is 0 Å². The van der Waals surface area contributed by atoms with Gasteiger partial charge in [0.25, 0.3) is 0 Å². The van der Waals surface area contributed by atoms with E-state index in [1.54, 1.807) is 0 Å². The lowest BCUT2D eigenvalue weighted by Gasteiger charge is -2.06. The normalized spacial score (nSPS) is 11.6. The molecular formula is C13H25NO. The van der Waals surface area contributed by atoms with Crippen LogP contribution in [0.4, 0.5) is 0 Å². The van der Waals surface area contributed by atoms with Gasteiger partial charge < -0.3 is 5.32 Å². The summed E-state index contributed by atoms with van der Waals surface area (Å²) in [6.07, 6.45) is 8.14. The molecule has 0 fully saturated rings. The molecule has 0 rings (SSSR count). The minimum Gasteiger partial charge on any atom is -0.354 e. The average Bonchev–Trinajstić information content (AvgIpc) is 2.09. The van der Waals surface area contributed by atoms with Gasteiger partial charge in [-0.2, -0.15) is 0 Å². The number of carbonyl (C=O) groups is 1. The molecule has 2 nitrogen and oxygen atoms in total. The lowest BCUT2D eigenvalue weighted by molar-refractivity contribution is -0.121. The zero-order chi connectivity index (χ0) is 11.7. The van der Waals surface area contributed by atoms with Gasteiger partial charge in [-0.05, 0) is 39.0 Å². The summed E-state index contributed by atoms with van der Waals surface area (Å²) in [6, 6.07) is 0.258. The number of rotatable bonds is 7. The highest BCUT2D eigenvalue weighted by atomic mass is 16.1. The molecule has 0 aliphatic carbocycles. The Bertz CT molecular complexity index is 195. The van der Waals surface area contributed by atoms with Gasteiger partial charge in [0.1, 0.15) is 0 Å². The van der Waals surface area contributed by atoms with Crippen molar-refractivity contribution in [2.24, 2.45) is 5.92 Å². The number of carbonyl (C=O) groups excluding carboxylic acids is 1. The maximum atomic E-state index is 11.3. The van der Waals surface area contributed by atoms with E-state index in [4.69, 9.17) is 0 Å². The van der Waals surface area contributed by atoms with Crippen LogP contribution in [0.3, 0.4) is 0 Å². The summed E-state index contributed by atoms with van der Waals surface area (Å²) in [4.78, 5) is 11.3. The second-order valence-electron chi connectivity index (χ2n) is 4.72. The fraction of sp³-hybridized carbons (Fsp3) is 0.769. The van der Waals surface area contributed by atoms with Crippen molar-refractivity contribution in [2.75, 3.05) is 0 Å². The van der Waals surface area contributed by atoms with Crippen molar-refractivity contribution in [1.29, 1.82) is 0 Å². The molecule has 0 saturated heterocycles. The van der Waals surface area contributed by atoms with Gasteiger partial charge in [-0.25, -0.2) is 0 Å². The molecule has 2 heteroatoms. The third kappa shape index (κ3) is 11.1. The quantitative estimate of drug-likeness (QED) is 0.508. The molecule has 0 aromatic rings. The Morgan fingerprint density at radius 2 is 1.87 bits per heavy atom. The Kier molecular flexibility index (Phi) is 8.06. The first kappa shape index (κ1) is 14.2. The smallest absolute Gasteiger partial charge is 0.220 e. The van der Waals surface area contributed by atoms with E-state index in [0.29, 0.717) is 6.42 Å². The van der Waals surface area contributed by atoms with Crippen LogP contribution in [-0.2, 0) is 4.79 Å². The summed E-state index contributed by atoms with van der Waals surface area (Å²) in [5, 5.41) is 2.89. The standard InChI is InChI=1S/C13H25NO/c1-11(2)9-7-5-6-8-10-13(15)14-12(3)4/h5,7,11-12H,6,8-10H2,1-4H3,(H,14,15)/b7-5-. The van der Waals surface area contributed by atoms with Gasteiger partial charge in [-0.1, -0.05) is 26.0 Å². The Balaban J connectivity index is 3.38. The van der Waals surface area contributed by atoms with Crippen molar-refractivity contribution in [3.63, 3.8) is 0 Å². The number of allylic oxidation sites excluding steroid dienone is 2. The van der Waals surface area contributed by atoms with Gasteiger partial charge >= 0.3 is 0 Å². The number of hydrogen-bond donors (Lipinski definition) is 1. The number of unbranched alkanes of at least 4 members (excludes halogenated alkanes) is 1. The van der Waals surface area contributed by atoms with Gasteiger partial charge in [0.2, 0.25) is 5.91 Å². The minimum atomic E-state index is 0.169. The monoisotopic (exact) mass is 211 g/mol. The van der Waals surface area contributed by atoms with Crippen molar-refractivity contribution in [3.05, 3.63) is 12.2 Å². The molecule has 0 radical (unpaired) electrons. The number of amides is 1. The van der Waals surface area contributed by atoms with Crippen LogP contribution >= 0.6 is 0 Å². The predicted molar refractivity (Wildman–Crippen MR) is 65.7 cm³/mol. The first-order valence-corrected chi connectivity index (χ1v) is 5.96. The van der Waals surface area contributed by atoms with Crippen LogP contribution in [0, 0.1) is 5.92 Å². The second kappa shape index (κ2) is 8.51. The van der Waals surface area contributed by atoms with Crippen molar-refractivity contribution >= 4 is 5.91 Å². The highest BCUT2D eigenvalue weighted by molar-refractivity contribution is 5.76. The van der Waals surface area contributed by atoms with E-state index in [-0.39, 0.29) is 11.9 Å². The third-order valence-electron chi connectivity index (χ3n) is 2.00. The molecule has 0 atom stereocenters.